The zero-order chi connectivity index (χ0) is 25.6. The number of hydrogen-bond donors (Lipinski definition) is 1. The highest BCUT2D eigenvalue weighted by Gasteiger charge is 2.32. The zero-order valence-corrected chi connectivity index (χ0v) is 22.2. The van der Waals surface area contributed by atoms with Crippen molar-refractivity contribution in [2.24, 2.45) is 0 Å². The molecule has 0 heterocycles. The normalized spacial score (nSPS) is 12.0. The lowest BCUT2D eigenvalue weighted by Crippen LogP contribution is -2.50. The number of hydrogen-bond acceptors (Lipinski definition) is 4. The molecular formula is C26H28BrN3O4S. The number of nitrogens with zero attached hydrogens (tertiary/aromatic N) is 2. The first-order valence-electron chi connectivity index (χ1n) is 11.0. The molecule has 0 radical (unpaired) electrons. The van der Waals surface area contributed by atoms with Crippen molar-refractivity contribution in [1.29, 1.82) is 0 Å². The molecule has 9 heteroatoms. The molecule has 3 aromatic carbocycles. The van der Waals surface area contributed by atoms with Crippen molar-refractivity contribution in [2.45, 2.75) is 31.3 Å². The Kier molecular flexibility index (Phi) is 8.69. The molecule has 184 valence electrons. The Hall–Kier alpha value is -3.17. The average Bonchev–Trinajstić information content (AvgIpc) is 2.86. The number of likely N-dealkylation sites (N-methyl/N-ethyl adjacent to an activating group) is 1. The predicted molar refractivity (Wildman–Crippen MR) is 140 cm³/mol. The standard InChI is InChI=1S/C26H28BrN3O4S/c1-19-9-7-8-10-21(19)17-29(20(2)26(32)28-3)25(31)18-30(23-15-13-22(27)14-16-23)35(33,34)24-11-5-4-6-12-24/h4-16,20H,17-18H2,1-3H3,(H,28,32)/t20-/m1/s1. The van der Waals surface area contributed by atoms with E-state index in [4.69, 9.17) is 0 Å². The summed E-state index contributed by atoms with van der Waals surface area (Å²) < 4.78 is 29.1. The molecule has 0 spiro atoms. The molecule has 35 heavy (non-hydrogen) atoms. The van der Waals surface area contributed by atoms with Crippen LogP contribution in [-0.2, 0) is 26.2 Å². The van der Waals surface area contributed by atoms with Crippen molar-refractivity contribution >= 4 is 43.5 Å². The lowest BCUT2D eigenvalue weighted by Gasteiger charge is -2.32. The highest BCUT2D eigenvalue weighted by atomic mass is 79.9. The van der Waals surface area contributed by atoms with Gasteiger partial charge < -0.3 is 10.2 Å². The second kappa shape index (κ2) is 11.5. The first-order chi connectivity index (χ1) is 16.6. The maximum absolute atomic E-state index is 13.7. The van der Waals surface area contributed by atoms with Gasteiger partial charge in [0.05, 0.1) is 10.6 Å². The molecule has 1 N–H and O–H groups in total. The Morgan fingerprint density at radius 3 is 2.14 bits per heavy atom. The van der Waals surface area contributed by atoms with Gasteiger partial charge in [0.15, 0.2) is 0 Å². The van der Waals surface area contributed by atoms with Crippen molar-refractivity contribution in [3.8, 4) is 0 Å². The minimum Gasteiger partial charge on any atom is -0.357 e. The molecule has 7 nitrogen and oxygen atoms in total. The summed E-state index contributed by atoms with van der Waals surface area (Å²) in [5.41, 5.74) is 2.18. The summed E-state index contributed by atoms with van der Waals surface area (Å²) in [6.07, 6.45) is 0. The van der Waals surface area contributed by atoms with E-state index in [2.05, 4.69) is 21.2 Å². The van der Waals surface area contributed by atoms with E-state index in [1.165, 1.54) is 24.1 Å². The first-order valence-corrected chi connectivity index (χ1v) is 13.3. The summed E-state index contributed by atoms with van der Waals surface area (Å²) in [4.78, 5) is 27.7. The molecule has 0 saturated carbocycles. The second-order valence-electron chi connectivity index (χ2n) is 8.04. The summed E-state index contributed by atoms with van der Waals surface area (Å²) in [6, 6.07) is 21.4. The van der Waals surface area contributed by atoms with Crippen molar-refractivity contribution in [3.63, 3.8) is 0 Å². The summed E-state index contributed by atoms with van der Waals surface area (Å²) in [7, 11) is -2.55. The Morgan fingerprint density at radius 1 is 0.943 bits per heavy atom. The third-order valence-corrected chi connectivity index (χ3v) is 8.06. The largest absolute Gasteiger partial charge is 0.357 e. The quantitative estimate of drug-likeness (QED) is 0.428. The molecule has 2 amide bonds. The van der Waals surface area contributed by atoms with E-state index in [-0.39, 0.29) is 17.3 Å². The van der Waals surface area contributed by atoms with Crippen LogP contribution in [0.25, 0.3) is 0 Å². The SMILES string of the molecule is CNC(=O)[C@@H](C)N(Cc1ccccc1C)C(=O)CN(c1ccc(Br)cc1)S(=O)(=O)c1ccccc1. The van der Waals surface area contributed by atoms with Gasteiger partial charge in [-0.05, 0) is 61.4 Å². The van der Waals surface area contributed by atoms with Crippen LogP contribution in [0.15, 0.2) is 88.2 Å². The summed E-state index contributed by atoms with van der Waals surface area (Å²) in [5, 5.41) is 2.58. The fourth-order valence-electron chi connectivity index (χ4n) is 3.62. The van der Waals surface area contributed by atoms with Gasteiger partial charge in [-0.15, -0.1) is 0 Å². The van der Waals surface area contributed by atoms with Crippen LogP contribution in [0.4, 0.5) is 5.69 Å². The van der Waals surface area contributed by atoms with Crippen LogP contribution in [0.5, 0.6) is 0 Å². The Bertz CT molecular complexity index is 1280. The smallest absolute Gasteiger partial charge is 0.264 e. The van der Waals surface area contributed by atoms with E-state index >= 15 is 0 Å². The van der Waals surface area contributed by atoms with E-state index in [0.717, 1.165) is 19.9 Å². The lowest BCUT2D eigenvalue weighted by molar-refractivity contribution is -0.139. The van der Waals surface area contributed by atoms with Crippen LogP contribution in [0, 0.1) is 6.92 Å². The van der Waals surface area contributed by atoms with Crippen molar-refractivity contribution in [3.05, 3.63) is 94.5 Å². The minimum atomic E-state index is -4.06. The summed E-state index contributed by atoms with van der Waals surface area (Å²) >= 11 is 3.36. The number of nitrogens with one attached hydrogen (secondary N) is 1. The van der Waals surface area contributed by atoms with Crippen LogP contribution in [-0.4, -0.2) is 44.8 Å². The predicted octanol–water partition coefficient (Wildman–Crippen LogP) is 4.12. The highest BCUT2D eigenvalue weighted by molar-refractivity contribution is 9.10. The summed E-state index contributed by atoms with van der Waals surface area (Å²) in [6.45, 7) is 3.26. The topological polar surface area (TPSA) is 86.8 Å². The highest BCUT2D eigenvalue weighted by Crippen LogP contribution is 2.26. The monoisotopic (exact) mass is 557 g/mol. The fraction of sp³-hybridized carbons (Fsp3) is 0.231. The maximum Gasteiger partial charge on any atom is 0.264 e. The maximum atomic E-state index is 13.7. The van der Waals surface area contributed by atoms with Crippen molar-refractivity contribution < 1.29 is 18.0 Å². The number of halogens is 1. The molecule has 0 saturated heterocycles. The third-order valence-electron chi connectivity index (χ3n) is 5.74. The van der Waals surface area contributed by atoms with Crippen molar-refractivity contribution in [2.75, 3.05) is 17.9 Å². The molecule has 3 rings (SSSR count). The van der Waals surface area contributed by atoms with E-state index in [0.29, 0.717) is 5.69 Å². The van der Waals surface area contributed by atoms with Gasteiger partial charge in [-0.25, -0.2) is 8.42 Å². The average molecular weight is 558 g/mol. The number of benzene rings is 3. The molecule has 1 atom stereocenters. The summed E-state index contributed by atoms with van der Waals surface area (Å²) in [5.74, 6) is -0.833. The number of rotatable bonds is 9. The zero-order valence-electron chi connectivity index (χ0n) is 19.8. The number of sulfonamides is 1. The molecular weight excluding hydrogens is 530 g/mol. The molecule has 0 fully saturated rings. The lowest BCUT2D eigenvalue weighted by atomic mass is 10.1. The van der Waals surface area contributed by atoms with Crippen LogP contribution in [0.1, 0.15) is 18.1 Å². The van der Waals surface area contributed by atoms with E-state index < -0.39 is 28.5 Å². The van der Waals surface area contributed by atoms with Gasteiger partial charge in [-0.1, -0.05) is 58.4 Å². The number of aryl methyl sites for hydroxylation is 1. The fourth-order valence-corrected chi connectivity index (χ4v) is 5.32. The second-order valence-corrected chi connectivity index (χ2v) is 10.8. The Labute approximate surface area is 214 Å². The number of carbonyl (C=O) groups is 2. The van der Waals surface area contributed by atoms with Gasteiger partial charge in [-0.3, -0.25) is 13.9 Å². The Balaban J connectivity index is 2.02. The molecule has 0 aliphatic rings. The van der Waals surface area contributed by atoms with Gasteiger partial charge in [-0.2, -0.15) is 0 Å². The molecule has 0 aliphatic carbocycles. The van der Waals surface area contributed by atoms with Gasteiger partial charge >= 0.3 is 0 Å². The third kappa shape index (κ3) is 6.29. The molecule has 3 aromatic rings. The number of anilines is 1. The van der Waals surface area contributed by atoms with E-state index in [1.807, 2.05) is 31.2 Å². The van der Waals surface area contributed by atoms with E-state index in [9.17, 15) is 18.0 Å². The molecule has 0 aliphatic heterocycles. The van der Waals surface area contributed by atoms with Crippen LogP contribution in [0.2, 0.25) is 0 Å². The molecule has 0 aromatic heterocycles. The van der Waals surface area contributed by atoms with Gasteiger partial charge in [0, 0.05) is 18.1 Å². The van der Waals surface area contributed by atoms with Crippen LogP contribution in [0.3, 0.4) is 0 Å². The number of carbonyl (C=O) groups excluding carboxylic acids is 2. The first kappa shape index (κ1) is 26.4. The van der Waals surface area contributed by atoms with Crippen LogP contribution >= 0.6 is 15.9 Å². The van der Waals surface area contributed by atoms with Gasteiger partial charge in [0.25, 0.3) is 10.0 Å². The molecule has 0 bridgehead atoms. The van der Waals surface area contributed by atoms with Crippen LogP contribution < -0.4 is 9.62 Å². The van der Waals surface area contributed by atoms with Crippen molar-refractivity contribution in [1.82, 2.24) is 10.2 Å². The Morgan fingerprint density at radius 2 is 1.54 bits per heavy atom. The minimum absolute atomic E-state index is 0.0699. The molecule has 0 unspecified atom stereocenters. The van der Waals surface area contributed by atoms with Gasteiger partial charge in [0.1, 0.15) is 12.6 Å². The number of amides is 2. The van der Waals surface area contributed by atoms with E-state index in [1.54, 1.807) is 49.4 Å². The van der Waals surface area contributed by atoms with Gasteiger partial charge in [0.2, 0.25) is 11.8 Å².